The number of anilines is 1. The topological polar surface area (TPSA) is 29.3 Å². The number of rotatable bonds is 1. The van der Waals surface area contributed by atoms with Crippen molar-refractivity contribution in [2.75, 3.05) is 11.9 Å². The van der Waals surface area contributed by atoms with Crippen LogP contribution in [-0.2, 0) is 0 Å². The van der Waals surface area contributed by atoms with Crippen LogP contribution < -0.4 is 39.6 Å². The summed E-state index contributed by atoms with van der Waals surface area (Å²) in [6, 6.07) is 9.88. The summed E-state index contributed by atoms with van der Waals surface area (Å²) in [4.78, 5) is 1.88. The zero-order chi connectivity index (χ0) is 8.97. The van der Waals surface area contributed by atoms with Gasteiger partial charge in [0.1, 0.15) is 0 Å². The molecule has 66 valence electrons. The molecule has 0 aliphatic heterocycles. The van der Waals surface area contributed by atoms with E-state index in [9.17, 15) is 0 Å². The number of para-hydroxylation sites is 1. The fraction of sp³-hybridized carbons (Fsp3) is 0.125. The Morgan fingerprint density at radius 1 is 1.46 bits per heavy atom. The Morgan fingerprint density at radius 2 is 2.00 bits per heavy atom. The average Bonchev–Trinajstić information content (AvgIpc) is 2.17. The molecule has 2 N–H and O–H groups in total. The van der Waals surface area contributed by atoms with Gasteiger partial charge in [-0.3, -0.25) is 5.14 Å². The molecule has 13 heavy (non-hydrogen) atoms. The molecule has 0 spiro atoms. The van der Waals surface area contributed by atoms with Crippen molar-refractivity contribution in [2.24, 2.45) is 5.14 Å². The van der Waals surface area contributed by atoms with Crippen LogP contribution in [0.4, 0.5) is 5.69 Å². The van der Waals surface area contributed by atoms with Gasteiger partial charge >= 0.3 is 29.6 Å². The van der Waals surface area contributed by atoms with Crippen molar-refractivity contribution in [1.82, 2.24) is 0 Å². The molecule has 0 amide bonds. The monoisotopic (exact) mass is 222 g/mol. The van der Waals surface area contributed by atoms with E-state index in [-0.39, 0.29) is 31.0 Å². The summed E-state index contributed by atoms with van der Waals surface area (Å²) < 4.78 is 0.668. The minimum absolute atomic E-state index is 0. The first-order valence-corrected chi connectivity index (χ1v) is 4.74. The third kappa shape index (κ3) is 3.97. The van der Waals surface area contributed by atoms with Crippen LogP contribution in [0.3, 0.4) is 0 Å². The number of nitrogens with two attached hydrogens (primary N) is 1. The van der Waals surface area contributed by atoms with Gasteiger partial charge < -0.3 is 6.33 Å². The van der Waals surface area contributed by atoms with Gasteiger partial charge in [0, 0.05) is 12.7 Å². The maximum atomic E-state index is 5.34. The molecule has 0 radical (unpaired) electrons. The second-order valence-corrected chi connectivity index (χ2v) is 3.55. The van der Waals surface area contributed by atoms with E-state index in [4.69, 9.17) is 17.4 Å². The van der Waals surface area contributed by atoms with Gasteiger partial charge in [-0.1, -0.05) is 30.4 Å². The average molecular weight is 222 g/mol. The minimum atomic E-state index is 0. The molecule has 0 aromatic heterocycles. The van der Waals surface area contributed by atoms with Crippen molar-refractivity contribution < 1.29 is 31.0 Å². The summed E-state index contributed by atoms with van der Waals surface area (Å²) in [7, 11) is 1.90. The molecule has 5 heteroatoms. The molecule has 0 saturated carbocycles. The van der Waals surface area contributed by atoms with Crippen LogP contribution in [-0.4, -0.2) is 11.4 Å². The fourth-order valence-electron chi connectivity index (χ4n) is 0.836. The predicted molar refractivity (Wildman–Crippen MR) is 60.3 cm³/mol. The molecule has 0 aliphatic carbocycles. The molecular formula is C8H11N2NaS2. The molecule has 0 atom stereocenters. The zero-order valence-corrected chi connectivity index (χ0v) is 11.4. The summed E-state index contributed by atoms with van der Waals surface area (Å²) in [6.45, 7) is 0. The van der Waals surface area contributed by atoms with E-state index >= 15 is 0 Å². The SMILES string of the molecule is CN(C(=S)SN)c1ccccc1.[H-].[Na+]. The van der Waals surface area contributed by atoms with Crippen molar-refractivity contribution >= 4 is 34.2 Å². The van der Waals surface area contributed by atoms with Gasteiger partial charge in [0.2, 0.25) is 0 Å². The van der Waals surface area contributed by atoms with Crippen LogP contribution in [0.1, 0.15) is 1.43 Å². The summed E-state index contributed by atoms with van der Waals surface area (Å²) >= 11 is 6.11. The summed E-state index contributed by atoms with van der Waals surface area (Å²) in [5, 5.41) is 5.34. The fourth-order valence-corrected chi connectivity index (χ4v) is 1.20. The van der Waals surface area contributed by atoms with E-state index in [0.717, 1.165) is 17.6 Å². The molecule has 0 unspecified atom stereocenters. The Labute approximate surface area is 112 Å². The largest absolute Gasteiger partial charge is 1.00 e. The summed E-state index contributed by atoms with van der Waals surface area (Å²) in [5.41, 5.74) is 1.06. The number of benzene rings is 1. The molecule has 0 heterocycles. The van der Waals surface area contributed by atoms with Crippen molar-refractivity contribution in [1.29, 1.82) is 0 Å². The minimum Gasteiger partial charge on any atom is -1.00 e. The molecular weight excluding hydrogens is 211 g/mol. The molecule has 0 saturated heterocycles. The molecule has 1 rings (SSSR count). The Hall–Kier alpha value is 0.420. The Morgan fingerprint density at radius 3 is 2.46 bits per heavy atom. The van der Waals surface area contributed by atoms with Crippen molar-refractivity contribution in [2.45, 2.75) is 0 Å². The second-order valence-electron chi connectivity index (χ2n) is 2.28. The molecule has 1 aromatic carbocycles. The first-order valence-electron chi connectivity index (χ1n) is 3.45. The number of nitrogens with zero attached hydrogens (tertiary/aromatic N) is 1. The van der Waals surface area contributed by atoms with Crippen LogP contribution in [0, 0.1) is 0 Å². The van der Waals surface area contributed by atoms with E-state index in [0.29, 0.717) is 4.32 Å². The maximum absolute atomic E-state index is 5.34. The molecule has 0 bridgehead atoms. The third-order valence-electron chi connectivity index (χ3n) is 1.52. The van der Waals surface area contributed by atoms with Gasteiger partial charge in [-0.25, -0.2) is 0 Å². The number of thiocarbonyl (C=S) groups is 1. The molecule has 0 fully saturated rings. The van der Waals surface area contributed by atoms with Crippen LogP contribution in [0.5, 0.6) is 0 Å². The van der Waals surface area contributed by atoms with E-state index in [1.54, 1.807) is 0 Å². The normalized spacial score (nSPS) is 8.77. The molecule has 2 nitrogen and oxygen atoms in total. The van der Waals surface area contributed by atoms with Crippen LogP contribution >= 0.6 is 24.2 Å². The maximum Gasteiger partial charge on any atom is 1.00 e. The summed E-state index contributed by atoms with van der Waals surface area (Å²) in [5.74, 6) is 0. The third-order valence-corrected chi connectivity index (χ3v) is 2.56. The van der Waals surface area contributed by atoms with Gasteiger partial charge in [-0.05, 0) is 24.1 Å². The molecule has 0 aliphatic rings. The van der Waals surface area contributed by atoms with Gasteiger partial charge in [0.05, 0.1) is 0 Å². The first-order chi connectivity index (χ1) is 5.75. The van der Waals surface area contributed by atoms with Gasteiger partial charge in [-0.2, -0.15) is 0 Å². The zero-order valence-electron chi connectivity index (χ0n) is 8.73. The Balaban J connectivity index is 0. The van der Waals surface area contributed by atoms with Crippen LogP contribution in [0.2, 0.25) is 0 Å². The van der Waals surface area contributed by atoms with Gasteiger partial charge in [-0.15, -0.1) is 0 Å². The van der Waals surface area contributed by atoms with Crippen LogP contribution in [0.15, 0.2) is 30.3 Å². The van der Waals surface area contributed by atoms with Gasteiger partial charge in [0.25, 0.3) is 0 Å². The second kappa shape index (κ2) is 6.81. The van der Waals surface area contributed by atoms with E-state index < -0.39 is 0 Å². The Kier molecular flexibility index (Phi) is 7.03. The first kappa shape index (κ1) is 13.4. The van der Waals surface area contributed by atoms with Crippen molar-refractivity contribution in [3.8, 4) is 0 Å². The Bertz CT molecular complexity index is 271. The van der Waals surface area contributed by atoms with Crippen LogP contribution in [0.25, 0.3) is 0 Å². The molecule has 1 aromatic rings. The predicted octanol–water partition coefficient (Wildman–Crippen LogP) is -0.869. The standard InChI is InChI=1S/C8H10N2S2.Na.H/c1-10(8(11)12-9)7-5-3-2-4-6-7;;/h2-6H,9H2,1H3;;/q;+1;-1. The smallest absolute Gasteiger partial charge is 1.00 e. The van der Waals surface area contributed by atoms with Crippen molar-refractivity contribution in [3.63, 3.8) is 0 Å². The van der Waals surface area contributed by atoms with Crippen molar-refractivity contribution in [3.05, 3.63) is 30.3 Å². The van der Waals surface area contributed by atoms with E-state index in [1.807, 2.05) is 42.3 Å². The number of hydrogen-bond donors (Lipinski definition) is 1. The van der Waals surface area contributed by atoms with Gasteiger partial charge in [0.15, 0.2) is 4.32 Å². The van der Waals surface area contributed by atoms with E-state index in [2.05, 4.69) is 0 Å². The number of hydrogen-bond acceptors (Lipinski definition) is 3. The quantitative estimate of drug-likeness (QED) is 0.380. The van der Waals surface area contributed by atoms with E-state index in [1.165, 1.54) is 0 Å². The summed E-state index contributed by atoms with van der Waals surface area (Å²) in [6.07, 6.45) is 0.